The second kappa shape index (κ2) is 11.0. The molecular weight excluding hydrogens is 469 g/mol. The first-order chi connectivity index (χ1) is 16.3. The molecule has 1 amide bonds. The molecule has 2 aromatic rings. The van der Waals surface area contributed by atoms with Crippen LogP contribution in [0.2, 0.25) is 0 Å². The zero-order valence-corrected chi connectivity index (χ0v) is 22.0. The number of carbonyl (C=O) groups excluding carboxylic acids is 1. The fourth-order valence-corrected chi connectivity index (χ4v) is 4.38. The number of halogens is 1. The topological polar surface area (TPSA) is 97.4 Å². The maximum atomic E-state index is 14.5. The lowest BCUT2D eigenvalue weighted by atomic mass is 9.91. The van der Waals surface area contributed by atoms with E-state index in [1.165, 1.54) is 12.1 Å². The monoisotopic (exact) mass is 505 g/mol. The molecule has 0 radical (unpaired) electrons. The Morgan fingerprint density at radius 2 is 1.80 bits per heavy atom. The summed E-state index contributed by atoms with van der Waals surface area (Å²) in [6.45, 7) is 8.10. The summed E-state index contributed by atoms with van der Waals surface area (Å²) in [6, 6.07) is 8.32. The average Bonchev–Trinajstić information content (AvgIpc) is 3.28. The van der Waals surface area contributed by atoms with Crippen molar-refractivity contribution in [1.29, 1.82) is 0 Å². The Morgan fingerprint density at radius 3 is 2.40 bits per heavy atom. The zero-order chi connectivity index (χ0) is 25.8. The molecule has 0 aliphatic heterocycles. The minimum atomic E-state index is -3.43. The van der Waals surface area contributed by atoms with Crippen molar-refractivity contribution in [1.82, 2.24) is 15.0 Å². The molecule has 7 nitrogen and oxygen atoms in total. The van der Waals surface area contributed by atoms with Crippen LogP contribution in [-0.4, -0.2) is 31.7 Å². The van der Waals surface area contributed by atoms with Crippen molar-refractivity contribution in [3.63, 3.8) is 0 Å². The highest BCUT2D eigenvalue weighted by Crippen LogP contribution is 2.29. The van der Waals surface area contributed by atoms with Gasteiger partial charge in [-0.25, -0.2) is 22.5 Å². The molecule has 1 aromatic heterocycles. The van der Waals surface area contributed by atoms with Gasteiger partial charge in [-0.15, -0.1) is 0 Å². The van der Waals surface area contributed by atoms with E-state index in [0.717, 1.165) is 43.2 Å². The number of aromatic nitrogens is 1. The maximum Gasteiger partial charge on any atom is 0.227 e. The Labute approximate surface area is 207 Å². The number of nitrogens with zero attached hydrogens (tertiary/aromatic N) is 1. The Kier molecular flexibility index (Phi) is 8.54. The van der Waals surface area contributed by atoms with Crippen molar-refractivity contribution in [2.75, 3.05) is 6.26 Å². The van der Waals surface area contributed by atoms with Crippen LogP contribution in [0.4, 0.5) is 4.39 Å². The zero-order valence-electron chi connectivity index (χ0n) is 21.2. The molecule has 1 heterocycles. The number of ether oxygens (including phenoxy) is 1. The molecule has 1 aliphatic rings. The van der Waals surface area contributed by atoms with Gasteiger partial charge < -0.3 is 10.1 Å². The van der Waals surface area contributed by atoms with Crippen LogP contribution in [0.1, 0.15) is 81.7 Å². The van der Waals surface area contributed by atoms with Crippen LogP contribution in [0.15, 0.2) is 30.3 Å². The van der Waals surface area contributed by atoms with E-state index >= 15 is 0 Å². The number of rotatable bonds is 9. The summed E-state index contributed by atoms with van der Waals surface area (Å²) in [7, 11) is -3.43. The fraction of sp³-hybridized carbons (Fsp3) is 0.538. The predicted octanol–water partition coefficient (Wildman–Crippen LogP) is 4.31. The summed E-state index contributed by atoms with van der Waals surface area (Å²) < 4.78 is 45.5. The third kappa shape index (κ3) is 7.73. The van der Waals surface area contributed by atoms with Gasteiger partial charge in [-0.3, -0.25) is 4.79 Å². The highest BCUT2D eigenvalue weighted by Gasteiger charge is 2.23. The third-order valence-electron chi connectivity index (χ3n) is 6.24. The van der Waals surface area contributed by atoms with Gasteiger partial charge in [0.25, 0.3) is 0 Å². The van der Waals surface area contributed by atoms with Crippen LogP contribution in [0.25, 0.3) is 0 Å². The van der Waals surface area contributed by atoms with E-state index in [4.69, 9.17) is 9.72 Å². The van der Waals surface area contributed by atoms with Crippen molar-refractivity contribution in [3.8, 4) is 5.88 Å². The number of hydrogen-bond donors (Lipinski definition) is 2. The van der Waals surface area contributed by atoms with Gasteiger partial charge in [0.2, 0.25) is 21.8 Å². The van der Waals surface area contributed by atoms with Gasteiger partial charge in [0.05, 0.1) is 12.2 Å². The lowest BCUT2D eigenvalue weighted by Gasteiger charge is -2.22. The number of pyridine rings is 1. The summed E-state index contributed by atoms with van der Waals surface area (Å²) in [4.78, 5) is 17.6. The second-order valence-electron chi connectivity index (χ2n) is 10.3. The van der Waals surface area contributed by atoms with Gasteiger partial charge in [-0.2, -0.15) is 0 Å². The molecule has 0 bridgehead atoms. The summed E-state index contributed by atoms with van der Waals surface area (Å²) in [5.41, 5.74) is 2.32. The Morgan fingerprint density at radius 1 is 1.14 bits per heavy atom. The highest BCUT2D eigenvalue weighted by molar-refractivity contribution is 7.88. The molecule has 1 aromatic carbocycles. The Hall–Kier alpha value is -2.52. The van der Waals surface area contributed by atoms with E-state index in [2.05, 4.69) is 30.8 Å². The second-order valence-corrected chi connectivity index (χ2v) is 12.2. The average molecular weight is 506 g/mol. The van der Waals surface area contributed by atoms with Gasteiger partial charge >= 0.3 is 0 Å². The standard InChI is InChI=1S/C26H36FN3O4S/c1-17(18-10-11-19(22(27)14-18)16-29-35(5,32)33)24(31)28-15-20-12-13-23(26(2,3)4)30-25(20)34-21-8-6-7-9-21/h10-14,17,21,29H,6-9,15-16H2,1-5H3,(H,28,31). The maximum absolute atomic E-state index is 14.5. The van der Waals surface area contributed by atoms with Crippen LogP contribution in [0.5, 0.6) is 5.88 Å². The predicted molar refractivity (Wildman–Crippen MR) is 134 cm³/mol. The van der Waals surface area contributed by atoms with Crippen molar-refractivity contribution in [2.24, 2.45) is 0 Å². The number of carbonyl (C=O) groups is 1. The van der Waals surface area contributed by atoms with Gasteiger partial charge in [0.1, 0.15) is 11.9 Å². The summed E-state index contributed by atoms with van der Waals surface area (Å²) in [5.74, 6) is -0.848. The lowest BCUT2D eigenvalue weighted by Crippen LogP contribution is -2.28. The van der Waals surface area contributed by atoms with Crippen molar-refractivity contribution >= 4 is 15.9 Å². The van der Waals surface area contributed by atoms with Gasteiger partial charge in [-0.05, 0) is 50.3 Å². The molecule has 1 aliphatic carbocycles. The van der Waals surface area contributed by atoms with E-state index in [0.29, 0.717) is 11.4 Å². The smallest absolute Gasteiger partial charge is 0.227 e. The fourth-order valence-electron chi connectivity index (χ4n) is 3.96. The van der Waals surface area contributed by atoms with Crippen LogP contribution in [0.3, 0.4) is 0 Å². The minimum Gasteiger partial charge on any atom is -0.474 e. The van der Waals surface area contributed by atoms with E-state index in [-0.39, 0.29) is 36.1 Å². The highest BCUT2D eigenvalue weighted by atomic mass is 32.2. The Balaban J connectivity index is 1.69. The molecule has 0 saturated heterocycles. The minimum absolute atomic E-state index is 0.128. The van der Waals surface area contributed by atoms with E-state index in [1.54, 1.807) is 13.0 Å². The first kappa shape index (κ1) is 27.1. The molecule has 35 heavy (non-hydrogen) atoms. The Bertz CT molecular complexity index is 1160. The van der Waals surface area contributed by atoms with Crippen LogP contribution in [-0.2, 0) is 33.3 Å². The summed E-state index contributed by atoms with van der Waals surface area (Å²) >= 11 is 0. The van der Waals surface area contributed by atoms with E-state index < -0.39 is 21.8 Å². The van der Waals surface area contributed by atoms with E-state index in [1.807, 2.05) is 12.1 Å². The summed E-state index contributed by atoms with van der Waals surface area (Å²) in [6.07, 6.45) is 5.46. The van der Waals surface area contributed by atoms with Gasteiger partial charge in [0, 0.05) is 35.3 Å². The number of hydrogen-bond acceptors (Lipinski definition) is 5. The first-order valence-electron chi connectivity index (χ1n) is 12.0. The molecule has 2 N–H and O–H groups in total. The van der Waals surface area contributed by atoms with Crippen LogP contribution in [0, 0.1) is 5.82 Å². The largest absolute Gasteiger partial charge is 0.474 e. The van der Waals surface area contributed by atoms with Crippen molar-refractivity contribution in [3.05, 3.63) is 58.5 Å². The molecule has 0 spiro atoms. The molecule has 1 saturated carbocycles. The third-order valence-corrected chi connectivity index (χ3v) is 6.91. The van der Waals surface area contributed by atoms with Crippen molar-refractivity contribution in [2.45, 2.75) is 83.9 Å². The van der Waals surface area contributed by atoms with Crippen LogP contribution < -0.4 is 14.8 Å². The van der Waals surface area contributed by atoms with Crippen molar-refractivity contribution < 1.29 is 22.3 Å². The molecule has 1 atom stereocenters. The molecule has 1 unspecified atom stereocenters. The summed E-state index contributed by atoms with van der Waals surface area (Å²) in [5, 5.41) is 2.93. The lowest BCUT2D eigenvalue weighted by molar-refractivity contribution is -0.122. The van der Waals surface area contributed by atoms with Gasteiger partial charge in [-0.1, -0.05) is 39.0 Å². The molecule has 3 rings (SSSR count). The molecule has 9 heteroatoms. The number of nitrogens with one attached hydrogen (secondary N) is 2. The number of sulfonamides is 1. The molecule has 1 fully saturated rings. The van der Waals surface area contributed by atoms with Gasteiger partial charge in [0.15, 0.2) is 0 Å². The number of amides is 1. The normalized spacial score (nSPS) is 15.7. The van der Waals surface area contributed by atoms with Crippen LogP contribution >= 0.6 is 0 Å². The first-order valence-corrected chi connectivity index (χ1v) is 13.9. The molecule has 192 valence electrons. The number of benzene rings is 1. The SMILES string of the molecule is CC(C(=O)NCc1ccc(C(C)(C)C)nc1OC1CCCC1)c1ccc(CNS(C)(=O)=O)c(F)c1. The molecular formula is C26H36FN3O4S. The van der Waals surface area contributed by atoms with E-state index in [9.17, 15) is 17.6 Å². The quantitative estimate of drug-likeness (QED) is 0.529.